The van der Waals surface area contributed by atoms with E-state index in [1.165, 1.54) is 0 Å². The second-order valence-electron chi connectivity index (χ2n) is 4.76. The Kier molecular flexibility index (Phi) is 4.85. The van der Waals surface area contributed by atoms with E-state index in [1.54, 1.807) is 7.11 Å². The summed E-state index contributed by atoms with van der Waals surface area (Å²) in [5, 5.41) is 2.80. The van der Waals surface area contributed by atoms with Gasteiger partial charge in [0.05, 0.1) is 7.11 Å². The Labute approximate surface area is 126 Å². The molecular weight excluding hydrogens is 295 g/mol. The summed E-state index contributed by atoms with van der Waals surface area (Å²) in [6.45, 7) is 2.37. The minimum atomic E-state index is -4.47. The van der Waals surface area contributed by atoms with E-state index in [1.807, 2.05) is 25.1 Å². The van der Waals surface area contributed by atoms with Crippen LogP contribution in [0.15, 0.2) is 30.5 Å². The molecule has 1 N–H and O–H groups in total. The Hall–Kier alpha value is -2.31. The summed E-state index contributed by atoms with van der Waals surface area (Å²) in [7, 11) is 1.58. The van der Waals surface area contributed by atoms with Gasteiger partial charge in [0.25, 0.3) is 0 Å². The molecule has 1 aromatic heterocycles. The highest BCUT2D eigenvalue weighted by molar-refractivity contribution is 5.38. The van der Waals surface area contributed by atoms with E-state index in [-0.39, 0.29) is 5.95 Å². The zero-order valence-electron chi connectivity index (χ0n) is 12.2. The molecule has 0 aliphatic rings. The number of alkyl halides is 3. The summed E-state index contributed by atoms with van der Waals surface area (Å²) in [5.41, 5.74) is 1.10. The number of nitrogens with zero attached hydrogens (tertiary/aromatic N) is 2. The molecule has 0 aliphatic heterocycles. The molecule has 0 amide bonds. The third-order valence-corrected chi connectivity index (χ3v) is 3.06. The lowest BCUT2D eigenvalue weighted by Gasteiger charge is -2.11. The summed E-state index contributed by atoms with van der Waals surface area (Å²) in [6.07, 6.45) is -2.80. The number of methoxy groups -OCH3 is 1. The standard InChI is InChI=1S/C15H16F3N3O/c1-10-3-4-12(22-2)11(9-10)5-7-19-14-20-8-6-13(21-14)15(16,17)18/h3-4,6,8-9H,5,7H2,1-2H3,(H,19,20,21). The van der Waals surface area contributed by atoms with Crippen molar-refractivity contribution in [2.75, 3.05) is 19.0 Å². The minimum Gasteiger partial charge on any atom is -0.496 e. The molecule has 2 rings (SSSR count). The van der Waals surface area contributed by atoms with Crippen molar-refractivity contribution in [3.8, 4) is 5.75 Å². The predicted molar refractivity (Wildman–Crippen MR) is 77.0 cm³/mol. The van der Waals surface area contributed by atoms with Crippen molar-refractivity contribution < 1.29 is 17.9 Å². The molecule has 0 saturated carbocycles. The van der Waals surface area contributed by atoms with Crippen molar-refractivity contribution in [3.63, 3.8) is 0 Å². The van der Waals surface area contributed by atoms with E-state index in [2.05, 4.69) is 15.3 Å². The number of aryl methyl sites for hydroxylation is 1. The molecule has 0 radical (unpaired) electrons. The summed E-state index contributed by atoms with van der Waals surface area (Å²) >= 11 is 0. The largest absolute Gasteiger partial charge is 0.496 e. The van der Waals surface area contributed by atoms with Gasteiger partial charge in [-0.25, -0.2) is 9.97 Å². The lowest BCUT2D eigenvalue weighted by molar-refractivity contribution is -0.141. The highest BCUT2D eigenvalue weighted by Gasteiger charge is 2.32. The van der Waals surface area contributed by atoms with Crippen molar-refractivity contribution in [2.24, 2.45) is 0 Å². The van der Waals surface area contributed by atoms with Gasteiger partial charge in [0.2, 0.25) is 5.95 Å². The second-order valence-corrected chi connectivity index (χ2v) is 4.76. The molecule has 1 heterocycles. The van der Waals surface area contributed by atoms with Gasteiger partial charge < -0.3 is 10.1 Å². The fourth-order valence-corrected chi connectivity index (χ4v) is 2.01. The van der Waals surface area contributed by atoms with Crippen LogP contribution >= 0.6 is 0 Å². The quantitative estimate of drug-likeness (QED) is 0.918. The van der Waals surface area contributed by atoms with Gasteiger partial charge in [-0.3, -0.25) is 0 Å². The van der Waals surface area contributed by atoms with Crippen LogP contribution in [0, 0.1) is 6.92 Å². The number of anilines is 1. The number of aromatic nitrogens is 2. The van der Waals surface area contributed by atoms with Crippen LogP contribution in [0.3, 0.4) is 0 Å². The predicted octanol–water partition coefficient (Wildman–Crippen LogP) is 3.47. The smallest absolute Gasteiger partial charge is 0.433 e. The van der Waals surface area contributed by atoms with Gasteiger partial charge >= 0.3 is 6.18 Å². The number of hydrogen-bond acceptors (Lipinski definition) is 4. The third-order valence-electron chi connectivity index (χ3n) is 3.06. The number of ether oxygens (including phenoxy) is 1. The Balaban J connectivity index is 2.01. The summed E-state index contributed by atoms with van der Waals surface area (Å²) in [5.74, 6) is 0.707. The van der Waals surface area contributed by atoms with E-state index >= 15 is 0 Å². The number of halogens is 3. The summed E-state index contributed by atoms with van der Waals surface area (Å²) < 4.78 is 42.9. The molecule has 0 bridgehead atoms. The molecule has 22 heavy (non-hydrogen) atoms. The van der Waals surface area contributed by atoms with Crippen LogP contribution in [0.1, 0.15) is 16.8 Å². The normalized spacial score (nSPS) is 11.3. The van der Waals surface area contributed by atoms with Gasteiger partial charge in [0.15, 0.2) is 0 Å². The van der Waals surface area contributed by atoms with Crippen molar-refractivity contribution in [2.45, 2.75) is 19.5 Å². The monoisotopic (exact) mass is 311 g/mol. The number of rotatable bonds is 5. The maximum atomic E-state index is 12.6. The number of hydrogen-bond donors (Lipinski definition) is 1. The maximum Gasteiger partial charge on any atom is 0.433 e. The first-order valence-corrected chi connectivity index (χ1v) is 6.68. The van der Waals surface area contributed by atoms with Crippen LogP contribution in [0.4, 0.5) is 19.1 Å². The van der Waals surface area contributed by atoms with Crippen molar-refractivity contribution in [1.82, 2.24) is 9.97 Å². The first-order valence-electron chi connectivity index (χ1n) is 6.68. The summed E-state index contributed by atoms with van der Waals surface area (Å²) in [4.78, 5) is 7.25. The molecule has 7 heteroatoms. The Morgan fingerprint density at radius 2 is 2.00 bits per heavy atom. The Bertz CT molecular complexity index is 644. The maximum absolute atomic E-state index is 12.6. The average molecular weight is 311 g/mol. The first kappa shape index (κ1) is 16.1. The van der Waals surface area contributed by atoms with E-state index in [9.17, 15) is 13.2 Å². The lowest BCUT2D eigenvalue weighted by atomic mass is 10.1. The Morgan fingerprint density at radius 1 is 1.23 bits per heavy atom. The van der Waals surface area contributed by atoms with E-state index < -0.39 is 11.9 Å². The van der Waals surface area contributed by atoms with Gasteiger partial charge in [-0.05, 0) is 31.0 Å². The molecule has 4 nitrogen and oxygen atoms in total. The van der Waals surface area contributed by atoms with Crippen molar-refractivity contribution in [1.29, 1.82) is 0 Å². The van der Waals surface area contributed by atoms with Crippen LogP contribution < -0.4 is 10.1 Å². The van der Waals surface area contributed by atoms with Gasteiger partial charge in [0, 0.05) is 12.7 Å². The zero-order chi connectivity index (χ0) is 16.2. The SMILES string of the molecule is COc1ccc(C)cc1CCNc1nccc(C(F)(F)F)n1. The molecule has 0 fully saturated rings. The van der Waals surface area contributed by atoms with Gasteiger partial charge in [-0.15, -0.1) is 0 Å². The average Bonchev–Trinajstić information content (AvgIpc) is 2.47. The highest BCUT2D eigenvalue weighted by Crippen LogP contribution is 2.27. The number of benzene rings is 1. The van der Waals surface area contributed by atoms with Gasteiger partial charge in [-0.1, -0.05) is 17.7 Å². The molecule has 0 spiro atoms. The van der Waals surface area contributed by atoms with Crippen LogP contribution in [-0.4, -0.2) is 23.6 Å². The molecule has 0 atom stereocenters. The highest BCUT2D eigenvalue weighted by atomic mass is 19.4. The molecule has 0 unspecified atom stereocenters. The van der Waals surface area contributed by atoms with Crippen molar-refractivity contribution >= 4 is 5.95 Å². The molecule has 0 saturated heterocycles. The zero-order valence-corrected chi connectivity index (χ0v) is 12.2. The number of nitrogens with one attached hydrogen (secondary N) is 1. The van der Waals surface area contributed by atoms with Crippen LogP contribution in [0.5, 0.6) is 5.75 Å². The third kappa shape index (κ3) is 4.09. The Morgan fingerprint density at radius 3 is 2.68 bits per heavy atom. The van der Waals surface area contributed by atoms with Gasteiger partial charge in [0.1, 0.15) is 11.4 Å². The fraction of sp³-hybridized carbons (Fsp3) is 0.333. The molecule has 2 aromatic rings. The second kappa shape index (κ2) is 6.64. The van der Waals surface area contributed by atoms with E-state index in [0.29, 0.717) is 13.0 Å². The minimum absolute atomic E-state index is 0.0403. The molecule has 1 aromatic carbocycles. The molecular formula is C15H16F3N3O. The summed E-state index contributed by atoms with van der Waals surface area (Å²) in [6, 6.07) is 6.62. The fourth-order valence-electron chi connectivity index (χ4n) is 2.01. The molecule has 0 aliphatic carbocycles. The van der Waals surface area contributed by atoms with Crippen LogP contribution in [0.2, 0.25) is 0 Å². The first-order chi connectivity index (χ1) is 10.4. The van der Waals surface area contributed by atoms with E-state index in [4.69, 9.17) is 4.74 Å². The lowest BCUT2D eigenvalue weighted by Crippen LogP contribution is -2.13. The van der Waals surface area contributed by atoms with Crippen molar-refractivity contribution in [3.05, 3.63) is 47.3 Å². The van der Waals surface area contributed by atoms with Gasteiger partial charge in [-0.2, -0.15) is 13.2 Å². The van der Waals surface area contributed by atoms with Crippen LogP contribution in [-0.2, 0) is 12.6 Å². The van der Waals surface area contributed by atoms with E-state index in [0.717, 1.165) is 29.1 Å². The topological polar surface area (TPSA) is 47.0 Å². The molecule has 118 valence electrons. The van der Waals surface area contributed by atoms with Crippen LogP contribution in [0.25, 0.3) is 0 Å².